The zero-order chi connectivity index (χ0) is 19.6. The average Bonchev–Trinajstić information content (AvgIpc) is 2.53. The van der Waals surface area contributed by atoms with Gasteiger partial charge in [-0.3, -0.25) is 0 Å². The highest BCUT2D eigenvalue weighted by Gasteiger charge is 2.33. The highest BCUT2D eigenvalue weighted by Crippen LogP contribution is 2.32. The molecule has 0 saturated carbocycles. The second-order valence-electron chi connectivity index (χ2n) is 5.45. The Hall–Kier alpha value is -1.91. The van der Waals surface area contributed by atoms with Gasteiger partial charge in [0, 0.05) is 6.26 Å². The molecule has 5 nitrogen and oxygen atoms in total. The third-order valence-electron chi connectivity index (χ3n) is 3.40. The van der Waals surface area contributed by atoms with Crippen molar-refractivity contribution in [3.63, 3.8) is 0 Å². The maximum absolute atomic E-state index is 12.9. The summed E-state index contributed by atoms with van der Waals surface area (Å²) >= 11 is 0. The number of ether oxygens (including phenoxy) is 1. The SMILES string of the molecule is CS(=O)(=O)c1ccccc1S(=O)(=O)COCc1ccccc1C(F)(F)F. The molecular weight excluding hydrogens is 393 g/mol. The highest BCUT2D eigenvalue weighted by atomic mass is 32.2. The van der Waals surface area contributed by atoms with Crippen LogP contribution in [0.2, 0.25) is 0 Å². The normalized spacial score (nSPS) is 12.9. The van der Waals surface area contributed by atoms with Gasteiger partial charge in [0.15, 0.2) is 15.8 Å². The van der Waals surface area contributed by atoms with E-state index in [1.807, 2.05) is 0 Å². The minimum absolute atomic E-state index is 0.216. The fourth-order valence-corrected chi connectivity index (χ4v) is 4.95. The van der Waals surface area contributed by atoms with Crippen LogP contribution in [-0.2, 0) is 37.2 Å². The molecule has 26 heavy (non-hydrogen) atoms. The number of rotatable bonds is 6. The zero-order valence-corrected chi connectivity index (χ0v) is 15.2. The lowest BCUT2D eigenvalue weighted by molar-refractivity contribution is -0.138. The van der Waals surface area contributed by atoms with Crippen molar-refractivity contribution in [3.8, 4) is 0 Å². The summed E-state index contributed by atoms with van der Waals surface area (Å²) in [4.78, 5) is -0.842. The molecule has 0 aromatic heterocycles. The third-order valence-corrected chi connectivity index (χ3v) is 6.19. The number of benzene rings is 2. The van der Waals surface area contributed by atoms with Crippen LogP contribution in [0.25, 0.3) is 0 Å². The predicted octanol–water partition coefficient (Wildman–Crippen LogP) is 3.06. The van der Waals surface area contributed by atoms with Gasteiger partial charge in [-0.05, 0) is 23.8 Å². The van der Waals surface area contributed by atoms with E-state index in [4.69, 9.17) is 4.74 Å². The number of alkyl halides is 3. The van der Waals surface area contributed by atoms with Crippen molar-refractivity contribution in [2.75, 3.05) is 12.2 Å². The van der Waals surface area contributed by atoms with Gasteiger partial charge in [0.1, 0.15) is 0 Å². The van der Waals surface area contributed by atoms with E-state index in [2.05, 4.69) is 0 Å². The molecule has 2 aromatic rings. The maximum atomic E-state index is 12.9. The van der Waals surface area contributed by atoms with E-state index in [1.54, 1.807) is 0 Å². The summed E-state index contributed by atoms with van der Waals surface area (Å²) in [5.74, 6) is -0.953. The van der Waals surface area contributed by atoms with E-state index in [0.29, 0.717) is 0 Å². The van der Waals surface area contributed by atoms with Gasteiger partial charge < -0.3 is 4.74 Å². The third kappa shape index (κ3) is 4.83. The summed E-state index contributed by atoms with van der Waals surface area (Å²) in [7, 11) is -7.98. The van der Waals surface area contributed by atoms with Crippen molar-refractivity contribution in [2.24, 2.45) is 0 Å². The second kappa shape index (κ2) is 7.37. The Kier molecular flexibility index (Phi) is 5.79. The average molecular weight is 408 g/mol. The Bertz CT molecular complexity index is 997. The van der Waals surface area contributed by atoms with Crippen LogP contribution in [0.5, 0.6) is 0 Å². The molecule has 2 aromatic carbocycles. The van der Waals surface area contributed by atoms with E-state index in [1.165, 1.54) is 30.3 Å². The summed E-state index contributed by atoms with van der Waals surface area (Å²) in [5, 5.41) is 0. The van der Waals surface area contributed by atoms with Crippen molar-refractivity contribution in [2.45, 2.75) is 22.6 Å². The summed E-state index contributed by atoms with van der Waals surface area (Å²) in [6.07, 6.45) is -3.73. The molecule has 0 radical (unpaired) electrons. The number of sulfone groups is 2. The lowest BCUT2D eigenvalue weighted by atomic mass is 10.1. The smallest absolute Gasteiger partial charge is 0.360 e. The number of hydrogen-bond donors (Lipinski definition) is 0. The standard InChI is InChI=1S/C16H15F3O5S2/c1-25(20,21)14-8-4-5-9-15(14)26(22,23)11-24-10-12-6-2-3-7-13(12)16(17,18)19/h2-9H,10-11H2,1H3. The van der Waals surface area contributed by atoms with Gasteiger partial charge in [0.25, 0.3) is 0 Å². The second-order valence-corrected chi connectivity index (χ2v) is 9.34. The first-order valence-corrected chi connectivity index (χ1v) is 10.7. The van der Waals surface area contributed by atoms with E-state index in [0.717, 1.165) is 24.5 Å². The summed E-state index contributed by atoms with van der Waals surface area (Å²) in [6.45, 7) is -0.587. The van der Waals surface area contributed by atoms with Crippen LogP contribution in [0.15, 0.2) is 58.3 Å². The molecule has 0 spiro atoms. The zero-order valence-electron chi connectivity index (χ0n) is 13.5. The lowest BCUT2D eigenvalue weighted by Crippen LogP contribution is -2.15. The molecule has 0 saturated heterocycles. The first kappa shape index (κ1) is 20.4. The molecule has 0 amide bonds. The summed E-state index contributed by atoms with van der Waals surface area (Å²) in [5.41, 5.74) is -1.14. The quantitative estimate of drug-likeness (QED) is 0.734. The fraction of sp³-hybridized carbons (Fsp3) is 0.250. The van der Waals surface area contributed by atoms with Gasteiger partial charge in [0.05, 0.1) is 22.0 Å². The minimum Gasteiger partial charge on any atom is -0.360 e. The number of halogens is 3. The van der Waals surface area contributed by atoms with E-state index in [-0.39, 0.29) is 10.5 Å². The highest BCUT2D eigenvalue weighted by molar-refractivity contribution is 7.94. The van der Waals surface area contributed by atoms with Crippen molar-refractivity contribution in [1.82, 2.24) is 0 Å². The van der Waals surface area contributed by atoms with Crippen molar-refractivity contribution >= 4 is 19.7 Å². The summed E-state index contributed by atoms with van der Waals surface area (Å²) < 4.78 is 91.9. The molecule has 142 valence electrons. The van der Waals surface area contributed by atoms with Crippen LogP contribution in [0.3, 0.4) is 0 Å². The molecular formula is C16H15F3O5S2. The molecule has 0 aliphatic heterocycles. The molecule has 0 atom stereocenters. The van der Waals surface area contributed by atoms with Crippen molar-refractivity contribution < 1.29 is 34.7 Å². The molecule has 0 N–H and O–H groups in total. The minimum atomic E-state index is -4.60. The predicted molar refractivity (Wildman–Crippen MR) is 87.8 cm³/mol. The Morgan fingerprint density at radius 1 is 0.885 bits per heavy atom. The number of hydrogen-bond acceptors (Lipinski definition) is 5. The van der Waals surface area contributed by atoms with Gasteiger partial charge >= 0.3 is 6.18 Å². The van der Waals surface area contributed by atoms with E-state index in [9.17, 15) is 30.0 Å². The molecule has 10 heteroatoms. The van der Waals surface area contributed by atoms with Crippen LogP contribution in [0, 0.1) is 0 Å². The van der Waals surface area contributed by atoms with Crippen LogP contribution >= 0.6 is 0 Å². The molecule has 0 unspecified atom stereocenters. The first-order chi connectivity index (χ1) is 11.9. The topological polar surface area (TPSA) is 77.5 Å². The van der Waals surface area contributed by atoms with Crippen molar-refractivity contribution in [1.29, 1.82) is 0 Å². The lowest BCUT2D eigenvalue weighted by Gasteiger charge is -2.13. The van der Waals surface area contributed by atoms with Gasteiger partial charge in [-0.15, -0.1) is 0 Å². The molecule has 0 aliphatic rings. The van der Waals surface area contributed by atoms with Crippen LogP contribution in [0.4, 0.5) is 13.2 Å². The largest absolute Gasteiger partial charge is 0.416 e. The van der Waals surface area contributed by atoms with Gasteiger partial charge in [-0.1, -0.05) is 30.3 Å². The van der Waals surface area contributed by atoms with E-state index >= 15 is 0 Å². The Balaban J connectivity index is 2.22. The Morgan fingerprint density at radius 3 is 2.00 bits per heavy atom. The maximum Gasteiger partial charge on any atom is 0.416 e. The van der Waals surface area contributed by atoms with Gasteiger partial charge in [0.2, 0.25) is 9.84 Å². The van der Waals surface area contributed by atoms with Crippen LogP contribution in [0.1, 0.15) is 11.1 Å². The summed E-state index contributed by atoms with van der Waals surface area (Å²) in [6, 6.07) is 9.61. The molecule has 0 aliphatic carbocycles. The first-order valence-electron chi connectivity index (χ1n) is 7.17. The van der Waals surface area contributed by atoms with Gasteiger partial charge in [-0.2, -0.15) is 13.2 Å². The molecule has 0 heterocycles. The van der Waals surface area contributed by atoms with E-state index < -0.39 is 48.9 Å². The van der Waals surface area contributed by atoms with Crippen LogP contribution < -0.4 is 0 Å². The molecule has 2 rings (SSSR count). The fourth-order valence-electron chi connectivity index (χ4n) is 2.26. The molecule has 0 fully saturated rings. The van der Waals surface area contributed by atoms with Gasteiger partial charge in [-0.25, -0.2) is 16.8 Å². The van der Waals surface area contributed by atoms with Crippen LogP contribution in [-0.4, -0.2) is 29.0 Å². The molecule has 0 bridgehead atoms. The Labute approximate surface area is 149 Å². The Morgan fingerprint density at radius 2 is 1.42 bits per heavy atom. The monoisotopic (exact) mass is 408 g/mol. The van der Waals surface area contributed by atoms with Crippen molar-refractivity contribution in [3.05, 3.63) is 59.7 Å².